The van der Waals surface area contributed by atoms with E-state index in [4.69, 9.17) is 21.1 Å². The third kappa shape index (κ3) is 5.80. The summed E-state index contributed by atoms with van der Waals surface area (Å²) >= 11 is 6.38. The number of benzene rings is 2. The highest BCUT2D eigenvalue weighted by Gasteiger charge is 2.44. The summed E-state index contributed by atoms with van der Waals surface area (Å²) in [5, 5.41) is -0.0810. The molecule has 1 N–H and O–H groups in total. The first kappa shape index (κ1) is 30.4. The molecule has 1 fully saturated rings. The minimum Gasteiger partial charge on any atom is -0.490 e. The number of nitrogens with zero attached hydrogens (tertiary/aromatic N) is 1. The van der Waals surface area contributed by atoms with Crippen molar-refractivity contribution in [3.63, 3.8) is 0 Å². The predicted molar refractivity (Wildman–Crippen MR) is 166 cm³/mol. The van der Waals surface area contributed by atoms with Gasteiger partial charge < -0.3 is 14.4 Å². The van der Waals surface area contributed by atoms with E-state index in [1.54, 1.807) is 14.0 Å². The van der Waals surface area contributed by atoms with Crippen LogP contribution in [0.5, 0.6) is 5.75 Å². The van der Waals surface area contributed by atoms with Crippen LogP contribution in [-0.2, 0) is 26.6 Å². The highest BCUT2D eigenvalue weighted by atomic mass is 35.5. The molecule has 0 radical (unpaired) electrons. The Morgan fingerprint density at radius 3 is 2.79 bits per heavy atom. The molecular formula is C33H40ClFN2O5S. The molecule has 0 unspecified atom stereocenters. The Bertz CT molecular complexity index is 1530. The van der Waals surface area contributed by atoms with Crippen molar-refractivity contribution in [2.75, 3.05) is 31.7 Å². The van der Waals surface area contributed by atoms with Crippen LogP contribution in [0, 0.1) is 17.7 Å². The molecular weight excluding hydrogens is 591 g/mol. The zero-order valence-corrected chi connectivity index (χ0v) is 26.4. The number of rotatable bonds is 2. The van der Waals surface area contributed by atoms with Gasteiger partial charge in [0, 0.05) is 36.7 Å². The number of hydrogen-bond acceptors (Lipinski definition) is 6. The molecule has 2 heterocycles. The van der Waals surface area contributed by atoms with Crippen LogP contribution < -0.4 is 14.4 Å². The van der Waals surface area contributed by atoms with Gasteiger partial charge in [-0.2, -0.15) is 0 Å². The van der Waals surface area contributed by atoms with Crippen LogP contribution in [0.2, 0.25) is 5.02 Å². The van der Waals surface area contributed by atoms with Gasteiger partial charge in [-0.25, -0.2) is 17.5 Å². The fourth-order valence-corrected chi connectivity index (χ4v) is 9.21. The topological polar surface area (TPSA) is 84.9 Å². The molecule has 232 valence electrons. The van der Waals surface area contributed by atoms with E-state index in [9.17, 15) is 13.2 Å². The van der Waals surface area contributed by atoms with Gasteiger partial charge in [0.1, 0.15) is 11.6 Å². The van der Waals surface area contributed by atoms with E-state index in [-0.39, 0.29) is 17.1 Å². The molecule has 7 nitrogen and oxygen atoms in total. The normalized spacial score (nSPS) is 31.1. The monoisotopic (exact) mass is 630 g/mol. The van der Waals surface area contributed by atoms with Crippen LogP contribution in [0.4, 0.5) is 10.1 Å². The number of amides is 1. The number of allylic oxidation sites excluding steroid dienone is 1. The van der Waals surface area contributed by atoms with Crippen LogP contribution in [0.1, 0.15) is 73.4 Å². The van der Waals surface area contributed by atoms with Gasteiger partial charge in [0.2, 0.25) is 10.0 Å². The predicted octanol–water partition coefficient (Wildman–Crippen LogP) is 6.18. The summed E-state index contributed by atoms with van der Waals surface area (Å²) in [4.78, 5) is 15.6. The molecule has 0 aromatic heterocycles. The van der Waals surface area contributed by atoms with Crippen molar-refractivity contribution in [2.45, 2.75) is 75.1 Å². The summed E-state index contributed by atoms with van der Waals surface area (Å²) in [6, 6.07) is 8.78. The number of hydrogen-bond donors (Lipinski definition) is 1. The molecule has 6 rings (SSSR count). The summed E-state index contributed by atoms with van der Waals surface area (Å²) < 4.78 is 56.5. The number of nitrogens with one attached hydrogen (secondary N) is 1. The third-order valence-electron chi connectivity index (χ3n) is 10.1. The highest BCUT2D eigenvalue weighted by molar-refractivity contribution is 7.90. The number of carbonyl (C=O) groups excluding carboxylic acids is 1. The van der Waals surface area contributed by atoms with E-state index in [1.807, 2.05) is 18.2 Å². The number of anilines is 1. The van der Waals surface area contributed by atoms with Gasteiger partial charge in [-0.3, -0.25) is 4.79 Å². The van der Waals surface area contributed by atoms with Crippen molar-refractivity contribution in [3.8, 4) is 5.75 Å². The largest absolute Gasteiger partial charge is 0.490 e. The molecule has 5 atom stereocenters. The molecule has 2 bridgehead atoms. The number of methoxy groups -OCH3 is 1. The van der Waals surface area contributed by atoms with Crippen LogP contribution >= 0.6 is 11.6 Å². The van der Waals surface area contributed by atoms with Crippen molar-refractivity contribution < 1.29 is 27.1 Å². The minimum absolute atomic E-state index is 0.0824. The molecule has 4 aliphatic rings. The Kier molecular flexibility index (Phi) is 8.52. The molecule has 2 aliphatic carbocycles. The van der Waals surface area contributed by atoms with Crippen LogP contribution in [0.3, 0.4) is 0 Å². The quantitative estimate of drug-likeness (QED) is 0.399. The second-order valence-electron chi connectivity index (χ2n) is 12.6. The van der Waals surface area contributed by atoms with Gasteiger partial charge in [-0.15, -0.1) is 0 Å². The zero-order chi connectivity index (χ0) is 30.4. The third-order valence-corrected chi connectivity index (χ3v) is 12.3. The fourth-order valence-electron chi connectivity index (χ4n) is 7.60. The summed E-state index contributed by atoms with van der Waals surface area (Å²) in [5.41, 5.74) is 2.35. The van der Waals surface area contributed by atoms with Gasteiger partial charge in [0.25, 0.3) is 5.91 Å². The van der Waals surface area contributed by atoms with E-state index in [0.29, 0.717) is 67.3 Å². The van der Waals surface area contributed by atoms with Crippen LogP contribution in [0.25, 0.3) is 0 Å². The van der Waals surface area contributed by atoms with Crippen molar-refractivity contribution in [2.24, 2.45) is 11.8 Å². The lowest BCUT2D eigenvalue weighted by atomic mass is 9.68. The Balaban J connectivity index is 1.45. The molecule has 1 amide bonds. The van der Waals surface area contributed by atoms with Crippen molar-refractivity contribution in [1.29, 1.82) is 0 Å². The lowest BCUT2D eigenvalue weighted by Gasteiger charge is -2.46. The Morgan fingerprint density at radius 2 is 2.05 bits per heavy atom. The first-order valence-electron chi connectivity index (χ1n) is 15.4. The van der Waals surface area contributed by atoms with Gasteiger partial charge >= 0.3 is 0 Å². The van der Waals surface area contributed by atoms with Crippen LogP contribution in [0.15, 0.2) is 42.5 Å². The van der Waals surface area contributed by atoms with Crippen molar-refractivity contribution >= 4 is 33.2 Å². The molecule has 2 aromatic rings. The standard InChI is InChI=1S/C33H40ClFN2O5S/c1-3-24-8-4-5-9-30(41-2)25-12-10-22(25)18-37-19-33(14-6-7-21-15-23(34)11-13-27(21)33)20-42-31-17-28(35)26(16-29(31)37)32(38)36-43(24,39)40/h5,9,11,13,15-17,22,24-25,30H,3-4,6-8,10,12,14,18-20H2,1-2H3,(H,36,38)/b9-5+/t22-,24+,25+,30-,33-/m0/s1. The molecule has 1 spiro atoms. The Hall–Kier alpha value is -2.62. The minimum atomic E-state index is -4.03. The second-order valence-corrected chi connectivity index (χ2v) is 15.0. The van der Waals surface area contributed by atoms with E-state index in [0.717, 1.165) is 32.1 Å². The molecule has 2 aliphatic heterocycles. The number of fused-ring (bicyclic) bond motifs is 4. The van der Waals surface area contributed by atoms with Crippen molar-refractivity contribution in [3.05, 3.63) is 70.0 Å². The Morgan fingerprint density at radius 1 is 1.21 bits per heavy atom. The van der Waals surface area contributed by atoms with Crippen molar-refractivity contribution in [1.82, 2.24) is 4.72 Å². The SMILES string of the molecule is CC[C@@H]1CC/C=C/[C@H](OC)[C@@H]2CC[C@H]2CN2C[C@@]3(CCCc4cc(Cl)ccc43)COc3cc(F)c(cc32)C(=O)NS1(=O)=O. The lowest BCUT2D eigenvalue weighted by Crippen LogP contribution is -2.49. The maximum atomic E-state index is 15.6. The van der Waals surface area contributed by atoms with Gasteiger partial charge in [0.05, 0.1) is 29.2 Å². The summed E-state index contributed by atoms with van der Waals surface area (Å²) in [7, 11) is -2.31. The number of sulfonamides is 1. The average molecular weight is 631 g/mol. The summed E-state index contributed by atoms with van der Waals surface area (Å²) in [6.45, 7) is 3.44. The number of carbonyl (C=O) groups is 1. The fraction of sp³-hybridized carbons (Fsp3) is 0.545. The highest BCUT2D eigenvalue weighted by Crippen LogP contribution is 2.47. The van der Waals surface area contributed by atoms with Gasteiger partial charge in [-0.1, -0.05) is 36.7 Å². The summed E-state index contributed by atoms with van der Waals surface area (Å²) in [6.07, 6.45) is 10.1. The van der Waals surface area contributed by atoms with E-state index < -0.39 is 27.0 Å². The molecule has 2 aromatic carbocycles. The molecule has 43 heavy (non-hydrogen) atoms. The smallest absolute Gasteiger partial charge is 0.267 e. The average Bonchev–Trinajstić information content (AvgIpc) is 3.10. The van der Waals surface area contributed by atoms with E-state index in [1.165, 1.54) is 23.3 Å². The number of halogens is 2. The van der Waals surface area contributed by atoms with Gasteiger partial charge in [-0.05, 0) is 92.5 Å². The molecule has 0 saturated heterocycles. The summed E-state index contributed by atoms with van der Waals surface area (Å²) in [5.74, 6) is -0.786. The second kappa shape index (κ2) is 12.1. The molecule has 1 saturated carbocycles. The maximum absolute atomic E-state index is 15.6. The first-order chi connectivity index (χ1) is 20.6. The maximum Gasteiger partial charge on any atom is 0.267 e. The van der Waals surface area contributed by atoms with Crippen LogP contribution in [-0.4, -0.2) is 52.5 Å². The Labute approximate surface area is 258 Å². The zero-order valence-electron chi connectivity index (χ0n) is 24.8. The molecule has 10 heteroatoms. The van der Waals surface area contributed by atoms with Gasteiger partial charge in [0.15, 0.2) is 0 Å². The number of aryl methyl sites for hydroxylation is 1. The number of ether oxygens (including phenoxy) is 2. The van der Waals surface area contributed by atoms with E-state index >= 15 is 4.39 Å². The first-order valence-corrected chi connectivity index (χ1v) is 17.3. The van der Waals surface area contributed by atoms with E-state index in [2.05, 4.69) is 21.8 Å². The lowest BCUT2D eigenvalue weighted by molar-refractivity contribution is 0.0132.